The lowest BCUT2D eigenvalue weighted by atomic mass is 9.97. The van der Waals surface area contributed by atoms with Gasteiger partial charge in [0.2, 0.25) is 0 Å². The molecule has 63 heavy (non-hydrogen) atoms. The van der Waals surface area contributed by atoms with Gasteiger partial charge in [0.1, 0.15) is 0 Å². The monoisotopic (exact) mass is 820 g/mol. The van der Waals surface area contributed by atoms with Crippen LogP contribution in [0, 0.1) is 0 Å². The molecule has 2 nitrogen and oxygen atoms in total. The Hall–Kier alpha value is -7.98. The molecule has 0 radical (unpaired) electrons. The van der Waals surface area contributed by atoms with Crippen LogP contribution < -0.4 is 4.90 Å². The number of rotatable bonds is 8. The highest BCUT2D eigenvalue weighted by molar-refractivity contribution is 7.26. The number of hydrogen-bond acceptors (Lipinski definition) is 2. The van der Waals surface area contributed by atoms with Gasteiger partial charge < -0.3 is 9.47 Å². The van der Waals surface area contributed by atoms with Gasteiger partial charge >= 0.3 is 0 Å². The quantitative estimate of drug-likeness (QED) is 0.148. The summed E-state index contributed by atoms with van der Waals surface area (Å²) in [6.07, 6.45) is 0. The van der Waals surface area contributed by atoms with Crippen LogP contribution in [0.5, 0.6) is 0 Å². The molecule has 0 amide bonds. The second-order valence-electron chi connectivity index (χ2n) is 16.0. The minimum atomic E-state index is 1.11. The van der Waals surface area contributed by atoms with Gasteiger partial charge in [0.05, 0.1) is 33.8 Å². The molecule has 0 N–H and O–H groups in total. The van der Waals surface area contributed by atoms with Crippen LogP contribution in [0.4, 0.5) is 17.1 Å². The average Bonchev–Trinajstić information content (AvgIpc) is 3.92. The maximum atomic E-state index is 2.53. The van der Waals surface area contributed by atoms with Crippen molar-refractivity contribution in [2.75, 3.05) is 4.90 Å². The molecule has 0 aliphatic rings. The summed E-state index contributed by atoms with van der Waals surface area (Å²) in [5.74, 6) is 0. The van der Waals surface area contributed by atoms with Gasteiger partial charge in [-0.05, 0) is 70.8 Å². The first kappa shape index (κ1) is 36.8. The minimum absolute atomic E-state index is 1.11. The second kappa shape index (κ2) is 15.5. The third-order valence-corrected chi connectivity index (χ3v) is 13.6. The van der Waals surface area contributed by atoms with E-state index in [4.69, 9.17) is 0 Å². The van der Waals surface area contributed by atoms with Crippen LogP contribution >= 0.6 is 11.3 Å². The molecular formula is C60H40N2S. The van der Waals surface area contributed by atoms with Gasteiger partial charge in [-0.3, -0.25) is 0 Å². The van der Waals surface area contributed by atoms with E-state index < -0.39 is 0 Å². The molecule has 10 aromatic carbocycles. The Morgan fingerprint density at radius 1 is 0.317 bits per heavy atom. The molecule has 0 spiro atoms. The summed E-state index contributed by atoms with van der Waals surface area (Å²) in [5, 5.41) is 4.97. The van der Waals surface area contributed by atoms with Crippen molar-refractivity contribution >= 4 is 70.4 Å². The molecular weight excluding hydrogens is 781 g/mol. The number of anilines is 3. The Balaban J connectivity index is 1.16. The van der Waals surface area contributed by atoms with Crippen molar-refractivity contribution in [2.24, 2.45) is 0 Å². The number of nitrogens with zero attached hydrogens (tertiary/aromatic N) is 2. The molecule has 0 saturated heterocycles. The highest BCUT2D eigenvalue weighted by Gasteiger charge is 2.26. The van der Waals surface area contributed by atoms with E-state index >= 15 is 0 Å². The van der Waals surface area contributed by atoms with Crippen molar-refractivity contribution in [3.05, 3.63) is 243 Å². The van der Waals surface area contributed by atoms with E-state index in [0.717, 1.165) is 39.3 Å². The summed E-state index contributed by atoms with van der Waals surface area (Å²) in [6.45, 7) is 0. The molecule has 0 unspecified atom stereocenters. The lowest BCUT2D eigenvalue weighted by molar-refractivity contribution is 1.18. The summed E-state index contributed by atoms with van der Waals surface area (Å²) in [5.41, 5.74) is 16.3. The first-order chi connectivity index (χ1) is 31.3. The molecule has 2 heterocycles. The number of benzene rings is 10. The molecule has 0 aliphatic carbocycles. The first-order valence-electron chi connectivity index (χ1n) is 21.5. The van der Waals surface area contributed by atoms with Crippen molar-refractivity contribution in [3.63, 3.8) is 0 Å². The van der Waals surface area contributed by atoms with Gasteiger partial charge in [-0.1, -0.05) is 194 Å². The number of para-hydroxylation sites is 3. The van der Waals surface area contributed by atoms with E-state index in [0.29, 0.717) is 0 Å². The predicted molar refractivity (Wildman–Crippen MR) is 270 cm³/mol. The molecule has 296 valence electrons. The zero-order chi connectivity index (χ0) is 41.7. The van der Waals surface area contributed by atoms with Gasteiger partial charge in [-0.25, -0.2) is 0 Å². The van der Waals surface area contributed by atoms with E-state index in [2.05, 4.69) is 252 Å². The van der Waals surface area contributed by atoms with Gasteiger partial charge in [-0.2, -0.15) is 0 Å². The third kappa shape index (κ3) is 6.24. The fraction of sp³-hybridized carbons (Fsp3) is 0. The van der Waals surface area contributed by atoms with Gasteiger partial charge in [0, 0.05) is 53.2 Å². The fourth-order valence-electron chi connectivity index (χ4n) is 9.61. The van der Waals surface area contributed by atoms with Crippen molar-refractivity contribution in [1.82, 2.24) is 4.57 Å². The summed E-state index contributed by atoms with van der Waals surface area (Å²) in [4.78, 5) is 2.53. The largest absolute Gasteiger partial charge is 0.309 e. The Morgan fingerprint density at radius 2 is 0.841 bits per heavy atom. The van der Waals surface area contributed by atoms with Crippen LogP contribution in [-0.4, -0.2) is 4.57 Å². The van der Waals surface area contributed by atoms with E-state index in [9.17, 15) is 0 Å². The number of aromatic nitrogens is 1. The summed E-state index contributed by atoms with van der Waals surface area (Å²) < 4.78 is 5.08. The summed E-state index contributed by atoms with van der Waals surface area (Å²) in [7, 11) is 0. The normalized spacial score (nSPS) is 11.5. The molecule has 0 bridgehead atoms. The molecule has 0 atom stereocenters. The summed E-state index contributed by atoms with van der Waals surface area (Å²) >= 11 is 1.88. The highest BCUT2D eigenvalue weighted by Crippen LogP contribution is 2.51. The van der Waals surface area contributed by atoms with E-state index in [1.54, 1.807) is 0 Å². The lowest BCUT2D eigenvalue weighted by Crippen LogP contribution is -2.13. The van der Waals surface area contributed by atoms with Crippen molar-refractivity contribution in [3.8, 4) is 50.2 Å². The van der Waals surface area contributed by atoms with Gasteiger partial charge in [0.15, 0.2) is 0 Å². The average molecular weight is 821 g/mol. The van der Waals surface area contributed by atoms with Crippen LogP contribution in [0.1, 0.15) is 0 Å². The second-order valence-corrected chi connectivity index (χ2v) is 17.1. The molecule has 0 aliphatic heterocycles. The first-order valence-corrected chi connectivity index (χ1v) is 22.3. The fourth-order valence-corrected chi connectivity index (χ4v) is 10.8. The van der Waals surface area contributed by atoms with Crippen LogP contribution in [0.3, 0.4) is 0 Å². The van der Waals surface area contributed by atoms with Gasteiger partial charge in [0.25, 0.3) is 0 Å². The van der Waals surface area contributed by atoms with Crippen LogP contribution in [-0.2, 0) is 0 Å². The van der Waals surface area contributed by atoms with Crippen LogP contribution in [0.2, 0.25) is 0 Å². The predicted octanol–water partition coefficient (Wildman–Crippen LogP) is 17.3. The van der Waals surface area contributed by atoms with Crippen molar-refractivity contribution < 1.29 is 0 Å². The molecule has 2 aromatic heterocycles. The smallest absolute Gasteiger partial charge is 0.0562 e. The Labute approximate surface area is 370 Å². The zero-order valence-electron chi connectivity index (χ0n) is 34.4. The van der Waals surface area contributed by atoms with Crippen LogP contribution in [0.15, 0.2) is 243 Å². The van der Waals surface area contributed by atoms with Crippen molar-refractivity contribution in [1.29, 1.82) is 0 Å². The van der Waals surface area contributed by atoms with E-state index in [1.165, 1.54) is 69.9 Å². The Morgan fingerprint density at radius 3 is 1.60 bits per heavy atom. The molecule has 12 aromatic rings. The number of thiophene rings is 1. The maximum Gasteiger partial charge on any atom is 0.0562 e. The maximum absolute atomic E-state index is 2.53. The lowest BCUT2D eigenvalue weighted by Gasteiger charge is -2.30. The molecule has 0 fully saturated rings. The number of fused-ring (bicyclic) bond motifs is 6. The van der Waals surface area contributed by atoms with Crippen molar-refractivity contribution in [2.45, 2.75) is 0 Å². The zero-order valence-corrected chi connectivity index (χ0v) is 35.2. The number of hydrogen-bond donors (Lipinski definition) is 0. The standard InChI is InChI=1S/C60H40N2S/c1-4-20-41(21-5-1)44-38-39-55(51(40-44)43-24-8-3-9-25-43)62-54-34-16-12-29-50(54)59-56(35-19-36-57(59)62)61(52-32-14-10-26-45(52)42-22-6-2-7-23-42)53-33-15-11-27-46(53)48-30-18-31-49-47-28-13-17-37-58(47)63-60(48)49/h1-40H. The minimum Gasteiger partial charge on any atom is -0.309 e. The summed E-state index contributed by atoms with van der Waals surface area (Å²) in [6, 6.07) is 88.4. The highest BCUT2D eigenvalue weighted by atomic mass is 32.1. The topological polar surface area (TPSA) is 8.17 Å². The Kier molecular flexibility index (Phi) is 9.06. The third-order valence-electron chi connectivity index (χ3n) is 12.4. The van der Waals surface area contributed by atoms with Gasteiger partial charge in [-0.15, -0.1) is 11.3 Å². The SMILES string of the molecule is c1ccc(-c2ccc(-n3c4ccccc4c4c(N(c5ccccc5-c5ccccc5)c5ccccc5-c5cccc6c5sc5ccccc56)cccc43)c(-c3ccccc3)c2)cc1. The molecule has 3 heteroatoms. The van der Waals surface area contributed by atoms with E-state index in [-0.39, 0.29) is 0 Å². The van der Waals surface area contributed by atoms with E-state index in [1.807, 2.05) is 11.3 Å². The Bertz CT molecular complexity index is 3620. The molecule has 0 saturated carbocycles. The molecule has 12 rings (SSSR count). The van der Waals surface area contributed by atoms with Crippen LogP contribution in [0.25, 0.3) is 92.2 Å².